The third-order valence-corrected chi connectivity index (χ3v) is 4.00. The molecule has 126 valence electrons. The van der Waals surface area contributed by atoms with E-state index < -0.39 is 0 Å². The first-order valence-corrected chi connectivity index (χ1v) is 8.22. The van der Waals surface area contributed by atoms with Crippen molar-refractivity contribution in [1.82, 2.24) is 4.57 Å². The van der Waals surface area contributed by atoms with Gasteiger partial charge in [-0.2, -0.15) is 0 Å². The monoisotopic (exact) mass is 352 g/mol. The second kappa shape index (κ2) is 7.36. The van der Waals surface area contributed by atoms with Crippen molar-refractivity contribution in [2.45, 2.75) is 13.5 Å². The molecule has 5 heteroatoms. The van der Waals surface area contributed by atoms with E-state index in [4.69, 9.17) is 11.6 Å². The Bertz CT molecular complexity index is 979. The van der Waals surface area contributed by atoms with Crippen molar-refractivity contribution in [3.63, 3.8) is 0 Å². The molecule has 25 heavy (non-hydrogen) atoms. The maximum Gasteiger partial charge on any atom is 0.257 e. The van der Waals surface area contributed by atoms with Crippen molar-refractivity contribution in [3.8, 4) is 0 Å². The van der Waals surface area contributed by atoms with Crippen molar-refractivity contribution in [2.75, 3.05) is 5.32 Å². The van der Waals surface area contributed by atoms with Crippen LogP contribution in [0.3, 0.4) is 0 Å². The average molecular weight is 353 g/mol. The summed E-state index contributed by atoms with van der Waals surface area (Å²) >= 11 is 5.93. The predicted octanol–water partition coefficient (Wildman–Crippen LogP) is 4.11. The number of halogens is 1. The first-order chi connectivity index (χ1) is 12.0. The number of nitrogens with one attached hydrogen (secondary N) is 1. The summed E-state index contributed by atoms with van der Waals surface area (Å²) in [6, 6.07) is 17.8. The van der Waals surface area contributed by atoms with Gasteiger partial charge in [-0.3, -0.25) is 9.59 Å². The van der Waals surface area contributed by atoms with Gasteiger partial charge in [0.1, 0.15) is 0 Å². The molecular formula is C20H17ClN2O2. The maximum absolute atomic E-state index is 12.4. The number of hydrogen-bond acceptors (Lipinski definition) is 2. The van der Waals surface area contributed by atoms with Gasteiger partial charge < -0.3 is 9.88 Å². The molecule has 3 aromatic rings. The van der Waals surface area contributed by atoms with Gasteiger partial charge in [0, 0.05) is 23.0 Å². The molecular weight excluding hydrogens is 336 g/mol. The van der Waals surface area contributed by atoms with E-state index in [-0.39, 0.29) is 11.5 Å². The van der Waals surface area contributed by atoms with Crippen molar-refractivity contribution in [2.24, 2.45) is 0 Å². The highest BCUT2D eigenvalue weighted by Crippen LogP contribution is 2.16. The Hall–Kier alpha value is -2.85. The second-order valence-electron chi connectivity index (χ2n) is 5.84. The van der Waals surface area contributed by atoms with Gasteiger partial charge in [-0.15, -0.1) is 0 Å². The Balaban J connectivity index is 1.83. The molecule has 0 aliphatic carbocycles. The number of amides is 1. The number of pyridine rings is 1. The number of anilines is 1. The fraction of sp³-hybridized carbons (Fsp3) is 0.100. The smallest absolute Gasteiger partial charge is 0.257 e. The molecule has 0 unspecified atom stereocenters. The van der Waals surface area contributed by atoms with E-state index in [2.05, 4.69) is 5.32 Å². The van der Waals surface area contributed by atoms with Gasteiger partial charge in [0.05, 0.1) is 12.1 Å². The summed E-state index contributed by atoms with van der Waals surface area (Å²) in [7, 11) is 0. The third kappa shape index (κ3) is 4.37. The van der Waals surface area contributed by atoms with Crippen LogP contribution in [0.1, 0.15) is 21.5 Å². The van der Waals surface area contributed by atoms with Gasteiger partial charge >= 0.3 is 0 Å². The van der Waals surface area contributed by atoms with Gasteiger partial charge in [0.15, 0.2) is 0 Å². The SMILES string of the molecule is Cc1cccc(Cn2cc(C(=O)Nc3cccc(Cl)c3)ccc2=O)c1. The summed E-state index contributed by atoms with van der Waals surface area (Å²) < 4.78 is 1.53. The molecule has 3 rings (SSSR count). The lowest BCUT2D eigenvalue weighted by Crippen LogP contribution is -2.22. The van der Waals surface area contributed by atoms with Crippen LogP contribution in [0.15, 0.2) is 71.7 Å². The molecule has 1 heterocycles. The zero-order valence-electron chi connectivity index (χ0n) is 13.7. The van der Waals surface area contributed by atoms with Crippen molar-refractivity contribution in [1.29, 1.82) is 0 Å². The van der Waals surface area contributed by atoms with Crippen LogP contribution in [-0.2, 0) is 6.54 Å². The number of aromatic nitrogens is 1. The molecule has 0 spiro atoms. The van der Waals surface area contributed by atoms with Crippen LogP contribution in [0.4, 0.5) is 5.69 Å². The van der Waals surface area contributed by atoms with Crippen LogP contribution >= 0.6 is 11.6 Å². The highest BCUT2D eigenvalue weighted by atomic mass is 35.5. The lowest BCUT2D eigenvalue weighted by molar-refractivity contribution is 0.102. The van der Waals surface area contributed by atoms with Gasteiger partial charge in [-0.05, 0) is 36.8 Å². The van der Waals surface area contributed by atoms with E-state index in [1.165, 1.54) is 16.7 Å². The topological polar surface area (TPSA) is 51.1 Å². The molecule has 0 radical (unpaired) electrons. The van der Waals surface area contributed by atoms with Gasteiger partial charge in [-0.25, -0.2) is 0 Å². The van der Waals surface area contributed by atoms with E-state index in [1.807, 2.05) is 31.2 Å². The zero-order chi connectivity index (χ0) is 17.8. The third-order valence-electron chi connectivity index (χ3n) is 3.76. The minimum Gasteiger partial charge on any atom is -0.322 e. The van der Waals surface area contributed by atoms with Crippen molar-refractivity contribution in [3.05, 3.63) is 98.9 Å². The number of rotatable bonds is 4. The lowest BCUT2D eigenvalue weighted by Gasteiger charge is -2.10. The molecule has 0 bridgehead atoms. The highest BCUT2D eigenvalue weighted by Gasteiger charge is 2.09. The molecule has 4 nitrogen and oxygen atoms in total. The van der Waals surface area contributed by atoms with Crippen LogP contribution in [0, 0.1) is 6.92 Å². The number of benzene rings is 2. The lowest BCUT2D eigenvalue weighted by atomic mass is 10.1. The summed E-state index contributed by atoms with van der Waals surface area (Å²) in [5.74, 6) is -0.291. The van der Waals surface area contributed by atoms with E-state index in [1.54, 1.807) is 30.5 Å². The Morgan fingerprint density at radius 3 is 2.64 bits per heavy atom. The maximum atomic E-state index is 12.4. The Labute approximate surface area is 150 Å². The highest BCUT2D eigenvalue weighted by molar-refractivity contribution is 6.30. The molecule has 0 atom stereocenters. The zero-order valence-corrected chi connectivity index (χ0v) is 14.5. The summed E-state index contributed by atoms with van der Waals surface area (Å²) in [5, 5.41) is 3.32. The molecule has 0 fully saturated rings. The van der Waals surface area contributed by atoms with Crippen LogP contribution in [-0.4, -0.2) is 10.5 Å². The van der Waals surface area contributed by atoms with E-state index in [9.17, 15) is 9.59 Å². The normalized spacial score (nSPS) is 10.5. The van der Waals surface area contributed by atoms with Gasteiger partial charge in [0.25, 0.3) is 11.5 Å². The van der Waals surface area contributed by atoms with E-state index in [0.717, 1.165) is 11.1 Å². The van der Waals surface area contributed by atoms with Gasteiger partial charge in [0.2, 0.25) is 0 Å². The Kier molecular flexibility index (Phi) is 5.00. The quantitative estimate of drug-likeness (QED) is 0.768. The average Bonchev–Trinajstić information content (AvgIpc) is 2.57. The number of hydrogen-bond donors (Lipinski definition) is 1. The molecule has 2 aromatic carbocycles. The molecule has 1 N–H and O–H groups in total. The fourth-order valence-electron chi connectivity index (χ4n) is 2.57. The van der Waals surface area contributed by atoms with Crippen molar-refractivity contribution >= 4 is 23.2 Å². The summed E-state index contributed by atoms with van der Waals surface area (Å²) in [6.45, 7) is 2.42. The Morgan fingerprint density at radius 2 is 1.88 bits per heavy atom. The number of carbonyl (C=O) groups excluding carboxylic acids is 1. The summed E-state index contributed by atoms with van der Waals surface area (Å²) in [6.07, 6.45) is 1.57. The van der Waals surface area contributed by atoms with Crippen LogP contribution in [0.2, 0.25) is 5.02 Å². The largest absolute Gasteiger partial charge is 0.322 e. The van der Waals surface area contributed by atoms with E-state index in [0.29, 0.717) is 22.8 Å². The molecule has 0 saturated heterocycles. The van der Waals surface area contributed by atoms with Crippen LogP contribution in [0.25, 0.3) is 0 Å². The number of carbonyl (C=O) groups is 1. The molecule has 0 saturated carbocycles. The summed E-state index contributed by atoms with van der Waals surface area (Å²) in [4.78, 5) is 24.5. The Morgan fingerprint density at radius 1 is 1.08 bits per heavy atom. The van der Waals surface area contributed by atoms with Crippen LogP contribution in [0.5, 0.6) is 0 Å². The molecule has 1 amide bonds. The first-order valence-electron chi connectivity index (χ1n) is 7.84. The standard InChI is InChI=1S/C20H17ClN2O2/c1-14-4-2-5-15(10-14)12-23-13-16(8-9-19(23)24)20(25)22-18-7-3-6-17(21)11-18/h2-11,13H,12H2,1H3,(H,22,25). The van der Waals surface area contributed by atoms with Gasteiger partial charge in [-0.1, -0.05) is 47.5 Å². The number of nitrogens with zero attached hydrogens (tertiary/aromatic N) is 1. The molecule has 1 aromatic heterocycles. The summed E-state index contributed by atoms with van der Waals surface area (Å²) in [5.41, 5.74) is 3.00. The van der Waals surface area contributed by atoms with E-state index >= 15 is 0 Å². The fourth-order valence-corrected chi connectivity index (χ4v) is 2.76. The molecule has 0 aliphatic heterocycles. The minimum atomic E-state index is -0.291. The van der Waals surface area contributed by atoms with Crippen LogP contribution < -0.4 is 10.9 Å². The number of aryl methyl sites for hydroxylation is 1. The van der Waals surface area contributed by atoms with Crippen molar-refractivity contribution < 1.29 is 4.79 Å². The minimum absolute atomic E-state index is 0.152. The predicted molar refractivity (Wildman–Crippen MR) is 100 cm³/mol. The first kappa shape index (κ1) is 17.0. The second-order valence-corrected chi connectivity index (χ2v) is 6.27. The molecule has 0 aliphatic rings.